The van der Waals surface area contributed by atoms with Crippen LogP contribution in [0.4, 0.5) is 0 Å². The van der Waals surface area contributed by atoms with E-state index in [9.17, 15) is 4.79 Å². The van der Waals surface area contributed by atoms with Crippen LogP contribution in [0, 0.1) is 13.8 Å². The molecule has 2 aromatic heterocycles. The summed E-state index contributed by atoms with van der Waals surface area (Å²) in [7, 11) is 0. The molecule has 3 rings (SSSR count). The summed E-state index contributed by atoms with van der Waals surface area (Å²) in [5.41, 5.74) is 3.74. The number of carbonyl (C=O) groups excluding carboxylic acids is 1. The van der Waals surface area contributed by atoms with Gasteiger partial charge in [0.1, 0.15) is 0 Å². The minimum absolute atomic E-state index is 0.0139. The summed E-state index contributed by atoms with van der Waals surface area (Å²) >= 11 is 7.58. The Labute approximate surface area is 120 Å². The first-order chi connectivity index (χ1) is 9.08. The van der Waals surface area contributed by atoms with Gasteiger partial charge in [0.25, 0.3) is 0 Å². The number of thiophene rings is 1. The van der Waals surface area contributed by atoms with E-state index < -0.39 is 0 Å². The molecule has 1 N–H and O–H groups in total. The SMILES string of the molecule is Cc1ccc2[nH]cc(C(=O)c3scc(C)c3Cl)c2c1. The van der Waals surface area contributed by atoms with Gasteiger partial charge in [0.2, 0.25) is 5.78 Å². The molecule has 2 heterocycles. The van der Waals surface area contributed by atoms with Crippen LogP contribution in [-0.2, 0) is 0 Å². The number of ketones is 1. The highest BCUT2D eigenvalue weighted by atomic mass is 35.5. The second-order valence-corrected chi connectivity index (χ2v) is 5.90. The third-order valence-electron chi connectivity index (χ3n) is 3.19. The summed E-state index contributed by atoms with van der Waals surface area (Å²) in [6.07, 6.45) is 1.76. The standard InChI is InChI=1S/C15H12ClNOS/c1-8-3-4-12-10(5-8)11(6-17-12)14(18)15-13(16)9(2)7-19-15/h3-7,17H,1-2H3. The third kappa shape index (κ3) is 1.99. The van der Waals surface area contributed by atoms with Gasteiger partial charge in [-0.2, -0.15) is 0 Å². The van der Waals surface area contributed by atoms with Gasteiger partial charge in [-0.1, -0.05) is 23.2 Å². The first-order valence-electron chi connectivity index (χ1n) is 5.94. The van der Waals surface area contributed by atoms with Crippen molar-refractivity contribution < 1.29 is 4.79 Å². The molecule has 2 nitrogen and oxygen atoms in total. The minimum Gasteiger partial charge on any atom is -0.360 e. The lowest BCUT2D eigenvalue weighted by Crippen LogP contribution is -1.98. The van der Waals surface area contributed by atoms with E-state index in [1.54, 1.807) is 6.20 Å². The summed E-state index contributed by atoms with van der Waals surface area (Å²) in [4.78, 5) is 16.3. The largest absolute Gasteiger partial charge is 0.360 e. The van der Waals surface area contributed by atoms with Crippen molar-refractivity contribution in [2.75, 3.05) is 0 Å². The Balaban J connectivity index is 2.17. The normalized spacial score (nSPS) is 11.1. The second-order valence-electron chi connectivity index (χ2n) is 4.64. The van der Waals surface area contributed by atoms with Crippen LogP contribution >= 0.6 is 22.9 Å². The van der Waals surface area contributed by atoms with Gasteiger partial charge < -0.3 is 4.98 Å². The fourth-order valence-corrected chi connectivity index (χ4v) is 3.36. The Morgan fingerprint density at radius 2 is 2.11 bits per heavy atom. The zero-order chi connectivity index (χ0) is 13.6. The van der Waals surface area contributed by atoms with Gasteiger partial charge in [-0.15, -0.1) is 11.3 Å². The van der Waals surface area contributed by atoms with Crippen LogP contribution in [0.2, 0.25) is 5.02 Å². The smallest absolute Gasteiger partial charge is 0.206 e. The second kappa shape index (κ2) is 4.51. The zero-order valence-corrected chi connectivity index (χ0v) is 12.2. The van der Waals surface area contributed by atoms with Gasteiger partial charge in [-0.25, -0.2) is 0 Å². The molecule has 0 aliphatic heterocycles. The molecule has 0 saturated heterocycles. The maximum atomic E-state index is 12.6. The number of hydrogen-bond acceptors (Lipinski definition) is 2. The molecule has 0 bridgehead atoms. The average Bonchev–Trinajstić information content (AvgIpc) is 2.94. The molecule has 1 aromatic carbocycles. The lowest BCUT2D eigenvalue weighted by Gasteiger charge is -1.99. The number of hydrogen-bond donors (Lipinski definition) is 1. The highest BCUT2D eigenvalue weighted by molar-refractivity contribution is 7.13. The van der Waals surface area contributed by atoms with Crippen LogP contribution in [0.5, 0.6) is 0 Å². The number of aromatic amines is 1. The Kier molecular flexibility index (Phi) is 2.96. The number of nitrogens with one attached hydrogen (secondary N) is 1. The van der Waals surface area contributed by atoms with Gasteiger partial charge in [-0.05, 0) is 36.9 Å². The Morgan fingerprint density at radius 1 is 1.32 bits per heavy atom. The molecule has 3 aromatic rings. The van der Waals surface area contributed by atoms with E-state index in [1.165, 1.54) is 11.3 Å². The molecule has 0 atom stereocenters. The summed E-state index contributed by atoms with van der Waals surface area (Å²) in [6, 6.07) is 6.03. The molecular formula is C15H12ClNOS. The summed E-state index contributed by atoms with van der Waals surface area (Å²) < 4.78 is 0. The molecule has 0 spiro atoms. The zero-order valence-electron chi connectivity index (χ0n) is 10.6. The molecule has 4 heteroatoms. The molecule has 19 heavy (non-hydrogen) atoms. The average molecular weight is 290 g/mol. The fraction of sp³-hybridized carbons (Fsp3) is 0.133. The van der Waals surface area contributed by atoms with Crippen LogP contribution in [0.15, 0.2) is 29.8 Å². The molecule has 0 aliphatic carbocycles. The van der Waals surface area contributed by atoms with E-state index >= 15 is 0 Å². The van der Waals surface area contributed by atoms with Crippen LogP contribution in [0.1, 0.15) is 26.4 Å². The maximum Gasteiger partial charge on any atom is 0.206 e. The van der Waals surface area contributed by atoms with Gasteiger partial charge in [0.15, 0.2) is 0 Å². The lowest BCUT2D eigenvalue weighted by molar-refractivity contribution is 0.104. The molecule has 0 unspecified atom stereocenters. The van der Waals surface area contributed by atoms with Crippen molar-refractivity contribution in [1.82, 2.24) is 4.98 Å². The van der Waals surface area contributed by atoms with Crippen molar-refractivity contribution >= 4 is 39.6 Å². The predicted octanol–water partition coefficient (Wildman–Crippen LogP) is 4.73. The molecule has 0 aliphatic rings. The van der Waals surface area contributed by atoms with Crippen molar-refractivity contribution in [3.63, 3.8) is 0 Å². The molecule has 96 valence electrons. The van der Waals surface area contributed by atoms with E-state index in [1.807, 2.05) is 37.4 Å². The monoisotopic (exact) mass is 289 g/mol. The predicted molar refractivity (Wildman–Crippen MR) is 80.5 cm³/mol. The van der Waals surface area contributed by atoms with Gasteiger partial charge >= 0.3 is 0 Å². The number of aromatic nitrogens is 1. The molecule has 0 radical (unpaired) electrons. The van der Waals surface area contributed by atoms with Crippen LogP contribution in [0.3, 0.4) is 0 Å². The summed E-state index contributed by atoms with van der Waals surface area (Å²) in [5.74, 6) is -0.0139. The molecule has 0 amide bonds. The lowest BCUT2D eigenvalue weighted by atomic mass is 10.1. The highest BCUT2D eigenvalue weighted by Gasteiger charge is 2.19. The number of halogens is 1. The van der Waals surface area contributed by atoms with E-state index in [2.05, 4.69) is 4.98 Å². The number of aryl methyl sites for hydroxylation is 2. The molecular weight excluding hydrogens is 278 g/mol. The molecule has 0 saturated carbocycles. The Hall–Kier alpha value is -1.58. The van der Waals surface area contributed by atoms with Crippen molar-refractivity contribution in [3.05, 3.63) is 56.4 Å². The summed E-state index contributed by atoms with van der Waals surface area (Å²) in [6.45, 7) is 3.93. The third-order valence-corrected chi connectivity index (χ3v) is 4.88. The van der Waals surface area contributed by atoms with Gasteiger partial charge in [0.05, 0.1) is 9.90 Å². The Morgan fingerprint density at radius 3 is 2.79 bits per heavy atom. The van der Waals surface area contributed by atoms with E-state index in [0.29, 0.717) is 15.5 Å². The van der Waals surface area contributed by atoms with Crippen LogP contribution < -0.4 is 0 Å². The summed E-state index contributed by atoms with van der Waals surface area (Å²) in [5, 5.41) is 3.43. The first-order valence-corrected chi connectivity index (χ1v) is 7.19. The van der Waals surface area contributed by atoms with Crippen molar-refractivity contribution in [3.8, 4) is 0 Å². The maximum absolute atomic E-state index is 12.6. The number of benzene rings is 1. The number of carbonyl (C=O) groups is 1. The first kappa shape index (κ1) is 12.5. The number of rotatable bonds is 2. The van der Waals surface area contributed by atoms with Crippen molar-refractivity contribution in [2.45, 2.75) is 13.8 Å². The van der Waals surface area contributed by atoms with Crippen molar-refractivity contribution in [2.24, 2.45) is 0 Å². The fourth-order valence-electron chi connectivity index (χ4n) is 2.13. The topological polar surface area (TPSA) is 32.9 Å². The van der Waals surface area contributed by atoms with E-state index in [0.717, 1.165) is 22.0 Å². The van der Waals surface area contributed by atoms with Gasteiger partial charge in [0, 0.05) is 22.7 Å². The van der Waals surface area contributed by atoms with Crippen LogP contribution in [-0.4, -0.2) is 10.8 Å². The molecule has 0 fully saturated rings. The van der Waals surface area contributed by atoms with Gasteiger partial charge in [-0.3, -0.25) is 4.79 Å². The number of H-pyrrole nitrogens is 1. The Bertz CT molecular complexity index is 785. The van der Waals surface area contributed by atoms with E-state index in [4.69, 9.17) is 11.6 Å². The quantitative estimate of drug-likeness (QED) is 0.680. The van der Waals surface area contributed by atoms with Crippen molar-refractivity contribution in [1.29, 1.82) is 0 Å². The highest BCUT2D eigenvalue weighted by Crippen LogP contribution is 2.31. The number of fused-ring (bicyclic) bond motifs is 1. The minimum atomic E-state index is -0.0139. The van der Waals surface area contributed by atoms with E-state index in [-0.39, 0.29) is 5.78 Å². The van der Waals surface area contributed by atoms with Crippen LogP contribution in [0.25, 0.3) is 10.9 Å².